The Morgan fingerprint density at radius 1 is 0.946 bits per heavy atom. The quantitative estimate of drug-likeness (QED) is 0.393. The van der Waals surface area contributed by atoms with Gasteiger partial charge < -0.3 is 14.8 Å². The van der Waals surface area contributed by atoms with Crippen molar-refractivity contribution in [1.82, 2.24) is 20.3 Å². The number of ether oxygens (including phenoxy) is 2. The predicted molar refractivity (Wildman–Crippen MR) is 140 cm³/mol. The highest BCUT2D eigenvalue weighted by Gasteiger charge is 2.34. The smallest absolute Gasteiger partial charge is 0.407 e. The van der Waals surface area contributed by atoms with E-state index in [2.05, 4.69) is 39.9 Å². The number of nitrogens with one attached hydrogen (secondary N) is 1. The lowest BCUT2D eigenvalue weighted by Gasteiger charge is -2.30. The molecule has 1 heterocycles. The number of carbonyl (C=O) groups excluding carboxylic acids is 2. The van der Waals surface area contributed by atoms with Crippen LogP contribution in [0, 0.1) is 0 Å². The Hall–Kier alpha value is -4.04. The van der Waals surface area contributed by atoms with Crippen molar-refractivity contribution in [3.05, 3.63) is 83.9 Å². The molecule has 3 aromatic carbocycles. The zero-order chi connectivity index (χ0) is 26.2. The van der Waals surface area contributed by atoms with Gasteiger partial charge in [0.1, 0.15) is 18.2 Å². The lowest BCUT2D eigenvalue weighted by atomic mass is 9.98. The molecule has 0 saturated heterocycles. The summed E-state index contributed by atoms with van der Waals surface area (Å²) in [7, 11) is 0. The number of benzene rings is 3. The van der Waals surface area contributed by atoms with Crippen molar-refractivity contribution in [3.8, 4) is 11.1 Å². The molecule has 2 atom stereocenters. The minimum atomic E-state index is -1.04. The summed E-state index contributed by atoms with van der Waals surface area (Å²) in [6.07, 6.45) is -1.36. The van der Waals surface area contributed by atoms with Crippen LogP contribution >= 0.6 is 0 Å². The summed E-state index contributed by atoms with van der Waals surface area (Å²) in [4.78, 5) is 26.6. The molecule has 1 N–H and O–H groups in total. The first-order valence-electron chi connectivity index (χ1n) is 12.4. The van der Waals surface area contributed by atoms with E-state index in [4.69, 9.17) is 9.47 Å². The molecular formula is C29H30N4O4. The van der Waals surface area contributed by atoms with Gasteiger partial charge in [0.15, 0.2) is 0 Å². The van der Waals surface area contributed by atoms with Crippen LogP contribution in [0.3, 0.4) is 0 Å². The van der Waals surface area contributed by atoms with Crippen LogP contribution in [-0.4, -0.2) is 51.3 Å². The van der Waals surface area contributed by atoms with Gasteiger partial charge in [0.05, 0.1) is 17.2 Å². The Bertz CT molecular complexity index is 1410. The standard InChI is InChI=1S/C29H30N4O4/c1-18(37-29(2,3)4)26(27(34)33-25-16-10-9-15-24(25)31-32-33)30-28(35)36-17-23-21-13-7-5-11-19(21)20-12-6-8-14-22(20)23/h5-16,18,23,26H,17H2,1-4H3,(H,30,35)/t18-,26-/m1/s1. The van der Waals surface area contributed by atoms with Gasteiger partial charge in [-0.15, -0.1) is 5.10 Å². The molecule has 37 heavy (non-hydrogen) atoms. The van der Waals surface area contributed by atoms with Crippen LogP contribution in [0.1, 0.15) is 49.5 Å². The maximum absolute atomic E-state index is 13.6. The molecule has 0 spiro atoms. The molecule has 1 aliphatic carbocycles. The van der Waals surface area contributed by atoms with Crippen molar-refractivity contribution in [1.29, 1.82) is 0 Å². The number of para-hydroxylation sites is 1. The Morgan fingerprint density at radius 2 is 1.54 bits per heavy atom. The first-order chi connectivity index (χ1) is 17.7. The van der Waals surface area contributed by atoms with Crippen molar-refractivity contribution in [2.24, 2.45) is 0 Å². The van der Waals surface area contributed by atoms with E-state index in [-0.39, 0.29) is 12.5 Å². The summed E-state index contributed by atoms with van der Waals surface area (Å²) in [5.74, 6) is -0.547. The lowest BCUT2D eigenvalue weighted by Crippen LogP contribution is -2.52. The van der Waals surface area contributed by atoms with E-state index in [1.807, 2.05) is 51.1 Å². The van der Waals surface area contributed by atoms with Crippen molar-refractivity contribution < 1.29 is 19.1 Å². The van der Waals surface area contributed by atoms with Gasteiger partial charge in [-0.1, -0.05) is 65.9 Å². The number of aromatic nitrogens is 3. The zero-order valence-corrected chi connectivity index (χ0v) is 21.3. The minimum absolute atomic E-state index is 0.0881. The molecule has 1 amide bonds. The van der Waals surface area contributed by atoms with Gasteiger partial charge in [0, 0.05) is 5.92 Å². The molecule has 0 saturated carbocycles. The van der Waals surface area contributed by atoms with Gasteiger partial charge >= 0.3 is 6.09 Å². The number of amides is 1. The molecule has 8 nitrogen and oxygen atoms in total. The first kappa shape index (κ1) is 24.6. The van der Waals surface area contributed by atoms with E-state index in [1.54, 1.807) is 25.1 Å². The number of nitrogens with zero attached hydrogens (tertiary/aromatic N) is 3. The Morgan fingerprint density at radius 3 is 2.19 bits per heavy atom. The van der Waals surface area contributed by atoms with Crippen LogP contribution in [0.5, 0.6) is 0 Å². The molecule has 0 radical (unpaired) electrons. The SMILES string of the molecule is C[C@@H](OC(C)(C)C)[C@@H](NC(=O)OCC1c2ccccc2-c2ccccc21)C(=O)n1nnc2ccccc21. The number of carbonyl (C=O) groups is 2. The summed E-state index contributed by atoms with van der Waals surface area (Å²) in [5, 5.41) is 10.8. The molecule has 5 rings (SSSR count). The zero-order valence-electron chi connectivity index (χ0n) is 21.3. The third-order valence-electron chi connectivity index (χ3n) is 6.45. The Kier molecular flexibility index (Phi) is 6.52. The minimum Gasteiger partial charge on any atom is -0.449 e. The highest BCUT2D eigenvalue weighted by atomic mass is 16.6. The average molecular weight is 499 g/mol. The highest BCUT2D eigenvalue weighted by molar-refractivity contribution is 5.94. The monoisotopic (exact) mass is 498 g/mol. The fraction of sp³-hybridized carbons (Fsp3) is 0.310. The lowest BCUT2D eigenvalue weighted by molar-refractivity contribution is -0.0620. The van der Waals surface area contributed by atoms with Crippen molar-refractivity contribution in [3.63, 3.8) is 0 Å². The van der Waals surface area contributed by atoms with Crippen LogP contribution < -0.4 is 5.32 Å². The van der Waals surface area contributed by atoms with E-state index in [0.717, 1.165) is 22.3 Å². The van der Waals surface area contributed by atoms with Gasteiger partial charge in [-0.05, 0) is 62.1 Å². The second-order valence-electron chi connectivity index (χ2n) is 10.2. The van der Waals surface area contributed by atoms with Crippen LogP contribution in [0.25, 0.3) is 22.2 Å². The van der Waals surface area contributed by atoms with E-state index in [9.17, 15) is 9.59 Å². The largest absolute Gasteiger partial charge is 0.449 e. The van der Waals surface area contributed by atoms with Crippen LogP contribution in [0.4, 0.5) is 4.79 Å². The molecule has 8 heteroatoms. The van der Waals surface area contributed by atoms with E-state index >= 15 is 0 Å². The molecule has 1 aromatic heterocycles. The van der Waals surface area contributed by atoms with E-state index in [0.29, 0.717) is 11.0 Å². The third kappa shape index (κ3) is 4.97. The Labute approximate surface area is 215 Å². The van der Waals surface area contributed by atoms with Gasteiger partial charge in [-0.2, -0.15) is 4.68 Å². The number of rotatable bonds is 6. The fourth-order valence-electron chi connectivity index (χ4n) is 4.94. The van der Waals surface area contributed by atoms with Crippen molar-refractivity contribution in [2.75, 3.05) is 6.61 Å². The highest BCUT2D eigenvalue weighted by Crippen LogP contribution is 2.44. The molecular weight excluding hydrogens is 468 g/mol. The topological polar surface area (TPSA) is 95.3 Å². The van der Waals surface area contributed by atoms with Gasteiger partial charge in [-0.25, -0.2) is 4.79 Å². The predicted octanol–water partition coefficient (Wildman–Crippen LogP) is 5.18. The summed E-state index contributed by atoms with van der Waals surface area (Å²) in [6.45, 7) is 7.56. The van der Waals surface area contributed by atoms with Crippen LogP contribution in [0.2, 0.25) is 0 Å². The molecule has 4 aromatic rings. The number of alkyl carbamates (subject to hydrolysis) is 1. The second kappa shape index (κ2) is 9.78. The summed E-state index contributed by atoms with van der Waals surface area (Å²) in [5.41, 5.74) is 5.11. The average Bonchev–Trinajstić information content (AvgIpc) is 3.44. The number of hydrogen-bond donors (Lipinski definition) is 1. The van der Waals surface area contributed by atoms with E-state index in [1.165, 1.54) is 4.68 Å². The maximum Gasteiger partial charge on any atom is 0.407 e. The molecule has 0 aliphatic heterocycles. The Balaban J connectivity index is 1.35. The van der Waals surface area contributed by atoms with Crippen LogP contribution in [0.15, 0.2) is 72.8 Å². The normalized spacial score (nSPS) is 14.6. The number of fused-ring (bicyclic) bond motifs is 4. The second-order valence-corrected chi connectivity index (χ2v) is 10.2. The van der Waals surface area contributed by atoms with Crippen molar-refractivity contribution in [2.45, 2.75) is 51.4 Å². The van der Waals surface area contributed by atoms with Crippen molar-refractivity contribution >= 4 is 23.0 Å². The van der Waals surface area contributed by atoms with Gasteiger partial charge in [-0.3, -0.25) is 4.79 Å². The van der Waals surface area contributed by atoms with Gasteiger partial charge in [0.25, 0.3) is 5.91 Å². The molecule has 0 unspecified atom stereocenters. The van der Waals surface area contributed by atoms with E-state index < -0.39 is 29.7 Å². The molecule has 1 aliphatic rings. The fourth-order valence-corrected chi connectivity index (χ4v) is 4.94. The third-order valence-corrected chi connectivity index (χ3v) is 6.45. The summed E-state index contributed by atoms with van der Waals surface area (Å²) < 4.78 is 13.0. The maximum atomic E-state index is 13.6. The number of hydrogen-bond acceptors (Lipinski definition) is 6. The summed E-state index contributed by atoms with van der Waals surface area (Å²) in [6, 6.07) is 22.4. The first-order valence-corrected chi connectivity index (χ1v) is 12.4. The molecule has 0 fully saturated rings. The molecule has 190 valence electrons. The summed E-state index contributed by atoms with van der Waals surface area (Å²) >= 11 is 0. The van der Waals surface area contributed by atoms with Gasteiger partial charge in [0.2, 0.25) is 0 Å². The molecule has 0 bridgehead atoms. The van der Waals surface area contributed by atoms with Crippen LogP contribution in [-0.2, 0) is 9.47 Å².